The molecule has 0 radical (unpaired) electrons. The highest BCUT2D eigenvalue weighted by atomic mass is 35.5. The molecule has 1 aromatic rings. The van der Waals surface area contributed by atoms with Crippen LogP contribution in [0.15, 0.2) is 18.2 Å². The van der Waals surface area contributed by atoms with Gasteiger partial charge < -0.3 is 10.6 Å². The minimum Gasteiger partial charge on any atom is -0.336 e. The number of carbonyl (C=O) groups is 1. The molecule has 5 fully saturated rings. The van der Waals surface area contributed by atoms with Crippen LogP contribution in [0, 0.1) is 17.6 Å². The second-order valence-corrected chi connectivity index (χ2v) is 8.22. The Balaban J connectivity index is 0.00000105. The molecule has 4 heterocycles. The summed E-state index contributed by atoms with van der Waals surface area (Å²) in [6.07, 6.45) is 3.60. The van der Waals surface area contributed by atoms with Crippen LogP contribution in [0.5, 0.6) is 0 Å². The lowest BCUT2D eigenvalue weighted by Gasteiger charge is -2.51. The number of halogens is 4. The number of fused-ring (bicyclic) bond motifs is 2. The van der Waals surface area contributed by atoms with Crippen molar-refractivity contribution in [1.82, 2.24) is 9.80 Å². The van der Waals surface area contributed by atoms with E-state index in [0.717, 1.165) is 44.8 Å². The Morgan fingerprint density at radius 2 is 1.78 bits per heavy atom. The molecule has 3 atom stereocenters. The van der Waals surface area contributed by atoms with Crippen molar-refractivity contribution in [1.29, 1.82) is 0 Å². The van der Waals surface area contributed by atoms with Crippen molar-refractivity contribution in [2.45, 2.75) is 49.2 Å². The molecule has 8 heteroatoms. The van der Waals surface area contributed by atoms with Gasteiger partial charge in [0, 0.05) is 18.5 Å². The van der Waals surface area contributed by atoms with E-state index in [1.165, 1.54) is 0 Å². The average Bonchev–Trinajstić information content (AvgIpc) is 3.25. The lowest BCUT2D eigenvalue weighted by atomic mass is 9.75. The van der Waals surface area contributed by atoms with E-state index in [-0.39, 0.29) is 48.7 Å². The van der Waals surface area contributed by atoms with Gasteiger partial charge in [-0.3, -0.25) is 9.69 Å². The van der Waals surface area contributed by atoms with E-state index in [1.807, 2.05) is 4.90 Å². The molecule has 0 spiro atoms. The lowest BCUT2D eigenvalue weighted by molar-refractivity contribution is -0.138. The Labute approximate surface area is 170 Å². The smallest absolute Gasteiger partial charge is 0.242 e. The van der Waals surface area contributed by atoms with Crippen LogP contribution in [-0.4, -0.2) is 53.0 Å². The summed E-state index contributed by atoms with van der Waals surface area (Å²) >= 11 is 0. The van der Waals surface area contributed by atoms with Crippen LogP contribution in [-0.2, 0) is 4.79 Å². The molecule has 5 aliphatic rings. The Bertz CT molecular complexity index is 738. The topological polar surface area (TPSA) is 49.6 Å². The van der Waals surface area contributed by atoms with Crippen molar-refractivity contribution in [3.05, 3.63) is 35.4 Å². The summed E-state index contributed by atoms with van der Waals surface area (Å²) in [6, 6.07) is 4.56. The van der Waals surface area contributed by atoms with Crippen LogP contribution >= 0.6 is 24.8 Å². The van der Waals surface area contributed by atoms with E-state index >= 15 is 0 Å². The maximum Gasteiger partial charge on any atom is 0.242 e. The number of nitrogens with two attached hydrogens (primary N) is 1. The molecule has 0 aromatic heterocycles. The minimum absolute atomic E-state index is 0. The van der Waals surface area contributed by atoms with Crippen molar-refractivity contribution in [2.75, 3.05) is 19.6 Å². The van der Waals surface area contributed by atoms with Crippen LogP contribution < -0.4 is 5.73 Å². The van der Waals surface area contributed by atoms with Crippen LogP contribution in [0.3, 0.4) is 0 Å². The molecular weight excluding hydrogens is 395 g/mol. The number of piperidine rings is 3. The lowest BCUT2D eigenvalue weighted by Crippen LogP contribution is -2.62. The molecule has 150 valence electrons. The van der Waals surface area contributed by atoms with E-state index in [4.69, 9.17) is 5.73 Å². The molecule has 1 saturated carbocycles. The zero-order chi connectivity index (χ0) is 17.3. The standard InChI is InChI=1S/C19H23F2N3O.2ClH/c20-14-3-1-2-12(15(14)21)13-10-24(18(25)19(22)6-7-19)16-11-4-8-23(9-5-11)17(13)16;;/h1-3,11,13,16-17H,4-10,22H2;2*1H/t13-,16+,17+;;/m0../s1. The fraction of sp³-hybridized carbons (Fsp3) is 0.632. The highest BCUT2D eigenvalue weighted by Gasteiger charge is 2.59. The molecule has 4 aliphatic heterocycles. The number of carbonyl (C=O) groups excluding carboxylic acids is 1. The minimum atomic E-state index is -0.813. The molecule has 4 saturated heterocycles. The number of amides is 1. The molecular formula is C19H25Cl2F2N3O. The summed E-state index contributed by atoms with van der Waals surface area (Å²) < 4.78 is 28.3. The third-order valence-corrected chi connectivity index (χ3v) is 6.85. The van der Waals surface area contributed by atoms with Gasteiger partial charge in [-0.25, -0.2) is 8.78 Å². The highest BCUT2D eigenvalue weighted by molar-refractivity contribution is 5.90. The molecule has 1 aromatic carbocycles. The Morgan fingerprint density at radius 1 is 1.11 bits per heavy atom. The number of hydrogen-bond donors (Lipinski definition) is 1. The Kier molecular flexibility index (Phi) is 5.49. The number of hydrogen-bond acceptors (Lipinski definition) is 3. The van der Waals surface area contributed by atoms with Gasteiger partial charge in [0.15, 0.2) is 11.6 Å². The summed E-state index contributed by atoms with van der Waals surface area (Å²) in [4.78, 5) is 17.3. The van der Waals surface area contributed by atoms with Crippen molar-refractivity contribution in [2.24, 2.45) is 11.7 Å². The Hall–Kier alpha value is -0.950. The monoisotopic (exact) mass is 419 g/mol. The second kappa shape index (κ2) is 7.14. The third kappa shape index (κ3) is 3.05. The molecule has 0 unspecified atom stereocenters. The van der Waals surface area contributed by atoms with E-state index < -0.39 is 17.2 Å². The maximum absolute atomic E-state index is 14.5. The molecule has 1 aliphatic carbocycles. The van der Waals surface area contributed by atoms with Gasteiger partial charge >= 0.3 is 0 Å². The van der Waals surface area contributed by atoms with Crippen molar-refractivity contribution in [3.8, 4) is 0 Å². The van der Waals surface area contributed by atoms with Gasteiger partial charge in [-0.05, 0) is 56.3 Å². The van der Waals surface area contributed by atoms with Crippen molar-refractivity contribution >= 4 is 30.7 Å². The number of nitrogens with zero attached hydrogens (tertiary/aromatic N) is 2. The van der Waals surface area contributed by atoms with Gasteiger partial charge in [0.25, 0.3) is 0 Å². The van der Waals surface area contributed by atoms with Gasteiger partial charge in [0.2, 0.25) is 5.91 Å². The molecule has 4 nitrogen and oxygen atoms in total. The van der Waals surface area contributed by atoms with Gasteiger partial charge in [-0.1, -0.05) is 12.1 Å². The second-order valence-electron chi connectivity index (χ2n) is 8.22. The van der Waals surface area contributed by atoms with Gasteiger partial charge in [-0.2, -0.15) is 0 Å². The van der Waals surface area contributed by atoms with Crippen molar-refractivity contribution in [3.63, 3.8) is 0 Å². The third-order valence-electron chi connectivity index (χ3n) is 6.85. The van der Waals surface area contributed by atoms with Crippen LogP contribution in [0.1, 0.15) is 37.2 Å². The first-order valence-corrected chi connectivity index (χ1v) is 9.27. The van der Waals surface area contributed by atoms with E-state index in [0.29, 0.717) is 18.0 Å². The first-order valence-electron chi connectivity index (χ1n) is 9.27. The van der Waals surface area contributed by atoms with E-state index in [1.54, 1.807) is 12.1 Å². The van der Waals surface area contributed by atoms with Gasteiger partial charge in [0.05, 0.1) is 11.6 Å². The average molecular weight is 420 g/mol. The Morgan fingerprint density at radius 3 is 2.41 bits per heavy atom. The normalized spacial score (nSPS) is 35.1. The number of rotatable bonds is 2. The predicted octanol–water partition coefficient (Wildman–Crippen LogP) is 2.69. The summed E-state index contributed by atoms with van der Waals surface area (Å²) in [5.74, 6) is -1.31. The molecule has 2 bridgehead atoms. The van der Waals surface area contributed by atoms with Gasteiger partial charge in [-0.15, -0.1) is 24.8 Å². The summed E-state index contributed by atoms with van der Waals surface area (Å²) in [5, 5.41) is 0. The predicted molar refractivity (Wildman–Crippen MR) is 103 cm³/mol. The fourth-order valence-corrected chi connectivity index (χ4v) is 5.37. The largest absolute Gasteiger partial charge is 0.336 e. The summed E-state index contributed by atoms with van der Waals surface area (Å²) in [7, 11) is 0. The van der Waals surface area contributed by atoms with E-state index in [2.05, 4.69) is 4.90 Å². The van der Waals surface area contributed by atoms with Gasteiger partial charge in [0.1, 0.15) is 0 Å². The van der Waals surface area contributed by atoms with Crippen molar-refractivity contribution < 1.29 is 13.6 Å². The molecule has 2 N–H and O–H groups in total. The zero-order valence-corrected chi connectivity index (χ0v) is 16.6. The highest BCUT2D eigenvalue weighted by Crippen LogP contribution is 2.49. The first-order chi connectivity index (χ1) is 12.0. The van der Waals surface area contributed by atoms with Crippen LogP contribution in [0.25, 0.3) is 0 Å². The molecule has 27 heavy (non-hydrogen) atoms. The summed E-state index contributed by atoms with van der Waals surface area (Å²) in [5.41, 5.74) is 5.88. The maximum atomic E-state index is 14.5. The number of benzene rings is 1. The quantitative estimate of drug-likeness (QED) is 0.801. The van der Waals surface area contributed by atoms with Crippen LogP contribution in [0.4, 0.5) is 8.78 Å². The fourth-order valence-electron chi connectivity index (χ4n) is 5.37. The molecule has 1 amide bonds. The SMILES string of the molecule is Cl.Cl.NC1(C(=O)N2C[C@@H](c3cccc(F)c3F)[C@@H]3[C@H]2C2CCN3CC2)CC1. The zero-order valence-electron chi connectivity index (χ0n) is 14.9. The summed E-state index contributed by atoms with van der Waals surface area (Å²) in [6.45, 7) is 2.41. The number of likely N-dealkylation sites (tertiary alicyclic amines) is 1. The van der Waals surface area contributed by atoms with Crippen LogP contribution in [0.2, 0.25) is 0 Å². The first kappa shape index (κ1) is 20.8. The van der Waals surface area contributed by atoms with E-state index in [9.17, 15) is 13.6 Å². The molecule has 6 rings (SSSR count).